The van der Waals surface area contributed by atoms with Crippen LogP contribution in [0.2, 0.25) is 0 Å². The lowest BCUT2D eigenvalue weighted by Gasteiger charge is -2.43. The topological polar surface area (TPSA) is 26.3 Å². The lowest BCUT2D eigenvalue weighted by molar-refractivity contribution is -0.161. The van der Waals surface area contributed by atoms with Crippen LogP contribution in [-0.2, 0) is 9.53 Å². The molecule has 0 amide bonds. The van der Waals surface area contributed by atoms with Gasteiger partial charge in [0.05, 0.1) is 0 Å². The normalized spacial score (nSPS) is 31.3. The van der Waals surface area contributed by atoms with E-state index in [2.05, 4.69) is 33.1 Å². The van der Waals surface area contributed by atoms with Crippen LogP contribution in [-0.4, -0.2) is 27.8 Å². The highest BCUT2D eigenvalue weighted by atomic mass is 32.2. The van der Waals surface area contributed by atoms with E-state index in [0.717, 1.165) is 25.0 Å². The summed E-state index contributed by atoms with van der Waals surface area (Å²) in [4.78, 5) is 11.8. The highest BCUT2D eigenvalue weighted by Crippen LogP contribution is 2.42. The zero-order valence-corrected chi connectivity index (χ0v) is 14.2. The molecule has 1 rings (SSSR count). The molecule has 2 nitrogen and oxygen atoms in total. The number of esters is 1. The van der Waals surface area contributed by atoms with E-state index in [-0.39, 0.29) is 11.6 Å². The van der Waals surface area contributed by atoms with Crippen LogP contribution in [0, 0.1) is 5.92 Å². The molecule has 0 saturated heterocycles. The molecular formula is C15H26O2S2. The van der Waals surface area contributed by atoms with Crippen molar-refractivity contribution < 1.29 is 9.53 Å². The monoisotopic (exact) mass is 302 g/mol. The molecule has 1 aliphatic carbocycles. The summed E-state index contributed by atoms with van der Waals surface area (Å²) in [7, 11) is 0. The number of thiol groups is 1. The molecule has 0 aromatic carbocycles. The fourth-order valence-electron chi connectivity index (χ4n) is 2.55. The Morgan fingerprint density at radius 2 is 2.21 bits per heavy atom. The molecule has 1 aliphatic rings. The summed E-state index contributed by atoms with van der Waals surface area (Å²) in [5.41, 5.74) is 0.0871. The molecule has 110 valence electrons. The first kappa shape index (κ1) is 17.0. The van der Waals surface area contributed by atoms with Gasteiger partial charge in [0, 0.05) is 16.7 Å². The van der Waals surface area contributed by atoms with Crippen molar-refractivity contribution >= 4 is 30.4 Å². The minimum Gasteiger partial charge on any atom is -0.456 e. The lowest BCUT2D eigenvalue weighted by atomic mass is 9.77. The van der Waals surface area contributed by atoms with Gasteiger partial charge in [-0.1, -0.05) is 20.4 Å². The summed E-state index contributed by atoms with van der Waals surface area (Å²) in [6, 6.07) is 0. The minimum absolute atomic E-state index is 0.274. The number of carbonyl (C=O) groups excluding carboxylic acids is 1. The summed E-state index contributed by atoms with van der Waals surface area (Å²) < 4.78 is 5.70. The van der Waals surface area contributed by atoms with Crippen molar-refractivity contribution in [1.29, 1.82) is 0 Å². The van der Waals surface area contributed by atoms with E-state index >= 15 is 0 Å². The van der Waals surface area contributed by atoms with Crippen LogP contribution in [0.4, 0.5) is 0 Å². The van der Waals surface area contributed by atoms with E-state index in [1.807, 2.05) is 18.7 Å². The summed E-state index contributed by atoms with van der Waals surface area (Å²) in [6.07, 6.45) is 3.10. The summed E-state index contributed by atoms with van der Waals surface area (Å²) in [6.45, 7) is 11.9. The number of hydrogen-bond donors (Lipinski definition) is 1. The van der Waals surface area contributed by atoms with Gasteiger partial charge in [-0.3, -0.25) is 0 Å². The second-order valence-corrected chi connectivity index (χ2v) is 8.19. The van der Waals surface area contributed by atoms with E-state index in [1.54, 1.807) is 6.92 Å². The first-order valence-electron chi connectivity index (χ1n) is 6.93. The van der Waals surface area contributed by atoms with Gasteiger partial charge in [-0.2, -0.15) is 24.4 Å². The molecule has 0 bridgehead atoms. The molecule has 0 N–H and O–H groups in total. The van der Waals surface area contributed by atoms with Crippen molar-refractivity contribution in [2.75, 3.05) is 5.75 Å². The smallest absolute Gasteiger partial charge is 0.333 e. The van der Waals surface area contributed by atoms with E-state index in [9.17, 15) is 4.79 Å². The van der Waals surface area contributed by atoms with Crippen molar-refractivity contribution in [2.24, 2.45) is 5.92 Å². The summed E-state index contributed by atoms with van der Waals surface area (Å²) in [5.74, 6) is 0.808. The van der Waals surface area contributed by atoms with Gasteiger partial charge in [0.1, 0.15) is 5.60 Å². The van der Waals surface area contributed by atoms with E-state index < -0.39 is 0 Å². The van der Waals surface area contributed by atoms with Gasteiger partial charge in [-0.25, -0.2) is 4.79 Å². The predicted molar refractivity (Wildman–Crippen MR) is 87.0 cm³/mol. The molecule has 0 aliphatic heterocycles. The van der Waals surface area contributed by atoms with Crippen LogP contribution in [0.3, 0.4) is 0 Å². The predicted octanol–water partition coefficient (Wildman–Crippen LogP) is 4.10. The second kappa shape index (κ2) is 7.07. The average Bonchev–Trinajstić information content (AvgIpc) is 2.30. The maximum atomic E-state index is 11.8. The van der Waals surface area contributed by atoms with Gasteiger partial charge in [0.25, 0.3) is 0 Å². The largest absolute Gasteiger partial charge is 0.456 e. The first-order valence-corrected chi connectivity index (χ1v) is 8.51. The third kappa shape index (κ3) is 4.75. The fraction of sp³-hybridized carbons (Fsp3) is 0.800. The Kier molecular flexibility index (Phi) is 6.31. The Bertz CT molecular complexity index is 341. The maximum absolute atomic E-state index is 11.8. The van der Waals surface area contributed by atoms with E-state index in [4.69, 9.17) is 4.74 Å². The molecule has 1 fully saturated rings. The number of carbonyl (C=O) groups is 1. The molecule has 0 aromatic heterocycles. The van der Waals surface area contributed by atoms with Crippen LogP contribution in [0.1, 0.15) is 47.0 Å². The van der Waals surface area contributed by atoms with Crippen LogP contribution in [0.15, 0.2) is 12.2 Å². The zero-order chi connectivity index (χ0) is 14.6. The molecule has 4 heteroatoms. The van der Waals surface area contributed by atoms with Gasteiger partial charge in [0.15, 0.2) is 0 Å². The highest BCUT2D eigenvalue weighted by molar-refractivity contribution is 8.00. The molecule has 0 radical (unpaired) electrons. The van der Waals surface area contributed by atoms with Crippen LogP contribution in [0.25, 0.3) is 0 Å². The van der Waals surface area contributed by atoms with Crippen LogP contribution in [0.5, 0.6) is 0 Å². The van der Waals surface area contributed by atoms with Gasteiger partial charge in [-0.05, 0) is 44.1 Å². The molecule has 19 heavy (non-hydrogen) atoms. The number of rotatable bonds is 5. The summed E-state index contributed by atoms with van der Waals surface area (Å²) >= 11 is 6.49. The molecule has 3 atom stereocenters. The van der Waals surface area contributed by atoms with Crippen molar-refractivity contribution in [3.05, 3.63) is 12.2 Å². The van der Waals surface area contributed by atoms with Crippen molar-refractivity contribution in [3.8, 4) is 0 Å². The lowest BCUT2D eigenvalue weighted by Crippen LogP contribution is -2.46. The Morgan fingerprint density at radius 1 is 1.58 bits per heavy atom. The van der Waals surface area contributed by atoms with E-state index in [0.29, 0.717) is 22.0 Å². The fourth-order valence-corrected chi connectivity index (χ4v) is 4.45. The third-order valence-corrected chi connectivity index (χ3v) is 5.53. The molecule has 0 aromatic rings. The summed E-state index contributed by atoms with van der Waals surface area (Å²) in [5, 5.41) is 1.31. The van der Waals surface area contributed by atoms with Crippen molar-refractivity contribution in [2.45, 2.75) is 63.1 Å². The third-order valence-electron chi connectivity index (χ3n) is 3.73. The molecule has 0 spiro atoms. The zero-order valence-electron chi connectivity index (χ0n) is 12.4. The Hall–Kier alpha value is -0.0900. The minimum atomic E-state index is -0.383. The van der Waals surface area contributed by atoms with Gasteiger partial charge in [-0.15, -0.1) is 0 Å². The van der Waals surface area contributed by atoms with Crippen LogP contribution < -0.4 is 0 Å². The number of hydrogen-bond acceptors (Lipinski definition) is 4. The molecular weight excluding hydrogens is 276 g/mol. The number of thioether (sulfide) groups is 1. The second-order valence-electron chi connectivity index (χ2n) is 5.94. The van der Waals surface area contributed by atoms with Crippen molar-refractivity contribution in [3.63, 3.8) is 0 Å². The quantitative estimate of drug-likeness (QED) is 0.470. The number of ether oxygens (including phenoxy) is 1. The highest BCUT2D eigenvalue weighted by Gasteiger charge is 2.42. The van der Waals surface area contributed by atoms with E-state index in [1.165, 1.54) is 0 Å². The Morgan fingerprint density at radius 3 is 2.68 bits per heavy atom. The van der Waals surface area contributed by atoms with Gasteiger partial charge in [0.2, 0.25) is 0 Å². The average molecular weight is 303 g/mol. The maximum Gasteiger partial charge on any atom is 0.333 e. The Labute approximate surface area is 127 Å². The van der Waals surface area contributed by atoms with Crippen molar-refractivity contribution in [1.82, 2.24) is 0 Å². The molecule has 1 saturated carbocycles. The standard InChI is InChI=1S/C15H26O2S2/c1-10(2)14(16)17-15(5)7-6-13(19-11(3)4)8-12(15)9-18/h11-13,18H,1,6-9H2,2-5H3. The molecule has 0 heterocycles. The van der Waals surface area contributed by atoms with Gasteiger partial charge < -0.3 is 4.74 Å². The Balaban J connectivity index is 2.69. The van der Waals surface area contributed by atoms with Crippen LogP contribution >= 0.6 is 24.4 Å². The molecule has 3 unspecified atom stereocenters. The first-order chi connectivity index (χ1) is 8.78. The van der Waals surface area contributed by atoms with Gasteiger partial charge >= 0.3 is 5.97 Å². The SMILES string of the molecule is C=C(C)C(=O)OC1(C)CCC(SC(C)C)CC1CS.